The zero-order valence-corrected chi connectivity index (χ0v) is 13.3. The van der Waals surface area contributed by atoms with Gasteiger partial charge in [0.1, 0.15) is 0 Å². The van der Waals surface area contributed by atoms with Crippen LogP contribution in [0, 0.1) is 0 Å². The van der Waals surface area contributed by atoms with Crippen molar-refractivity contribution in [2.45, 2.75) is 40.2 Å². The van der Waals surface area contributed by atoms with Gasteiger partial charge in [-0.2, -0.15) is 4.31 Å². The predicted molar refractivity (Wildman–Crippen MR) is 79.2 cm³/mol. The van der Waals surface area contributed by atoms with Crippen molar-refractivity contribution in [2.75, 3.05) is 31.9 Å². The first-order valence-corrected chi connectivity index (χ1v) is 8.61. The Hall–Kier alpha value is -0.590. The van der Waals surface area contributed by atoms with Crippen molar-refractivity contribution in [3.05, 3.63) is 11.3 Å². The zero-order valence-electron chi connectivity index (χ0n) is 12.5. The quantitative estimate of drug-likeness (QED) is 0.819. The highest BCUT2D eigenvalue weighted by Gasteiger charge is 2.28. The van der Waals surface area contributed by atoms with E-state index in [2.05, 4.69) is 25.7 Å². The summed E-state index contributed by atoms with van der Waals surface area (Å²) >= 11 is 0. The summed E-state index contributed by atoms with van der Waals surface area (Å²) in [7, 11) is -3.05. The van der Waals surface area contributed by atoms with Crippen molar-refractivity contribution in [3.63, 3.8) is 0 Å². The summed E-state index contributed by atoms with van der Waals surface area (Å²) in [5.74, 6) is 0.180. The first kappa shape index (κ1) is 16.5. The second-order valence-corrected chi connectivity index (χ2v) is 7.36. The third-order valence-electron chi connectivity index (χ3n) is 4.05. The van der Waals surface area contributed by atoms with Gasteiger partial charge in [0, 0.05) is 37.9 Å². The Morgan fingerprint density at radius 3 is 2.16 bits per heavy atom. The van der Waals surface area contributed by atoms with Gasteiger partial charge in [-0.3, -0.25) is 4.90 Å². The normalized spacial score (nSPS) is 22.1. The molecule has 0 spiro atoms. The summed E-state index contributed by atoms with van der Waals surface area (Å²) in [6.45, 7) is 10.6. The molecule has 0 aliphatic carbocycles. The van der Waals surface area contributed by atoms with Crippen molar-refractivity contribution in [1.29, 1.82) is 0 Å². The van der Waals surface area contributed by atoms with Crippen LogP contribution in [0.25, 0.3) is 0 Å². The molecule has 0 aromatic rings. The molecule has 6 heteroatoms. The smallest absolute Gasteiger partial charge is 0.213 e. The maximum absolute atomic E-state index is 11.8. The van der Waals surface area contributed by atoms with Crippen LogP contribution in [-0.2, 0) is 10.0 Å². The topological polar surface area (TPSA) is 66.6 Å². The lowest BCUT2D eigenvalue weighted by atomic mass is 10.1. The summed E-state index contributed by atoms with van der Waals surface area (Å²) in [6, 6.07) is 0.187. The molecule has 0 bridgehead atoms. The van der Waals surface area contributed by atoms with E-state index in [1.165, 1.54) is 5.57 Å². The first-order chi connectivity index (χ1) is 8.83. The number of allylic oxidation sites excluding steroid dienone is 1. The lowest BCUT2D eigenvalue weighted by Crippen LogP contribution is -2.52. The third kappa shape index (κ3) is 3.94. The van der Waals surface area contributed by atoms with Gasteiger partial charge in [0.25, 0.3) is 0 Å². The molecule has 1 saturated heterocycles. The molecule has 0 aromatic carbocycles. The van der Waals surface area contributed by atoms with E-state index in [4.69, 9.17) is 5.73 Å². The lowest BCUT2D eigenvalue weighted by Gasteiger charge is -2.37. The summed E-state index contributed by atoms with van der Waals surface area (Å²) in [5.41, 5.74) is 8.30. The van der Waals surface area contributed by atoms with Crippen LogP contribution in [0.1, 0.15) is 34.1 Å². The van der Waals surface area contributed by atoms with Gasteiger partial charge in [-0.25, -0.2) is 8.42 Å². The number of nitrogens with zero attached hydrogens (tertiary/aromatic N) is 2. The molecule has 1 aliphatic heterocycles. The molecule has 19 heavy (non-hydrogen) atoms. The molecule has 1 rings (SSSR count). The van der Waals surface area contributed by atoms with Crippen LogP contribution in [0.15, 0.2) is 11.3 Å². The molecule has 1 heterocycles. The van der Waals surface area contributed by atoms with Crippen molar-refractivity contribution >= 4 is 10.0 Å². The van der Waals surface area contributed by atoms with Crippen LogP contribution in [-0.4, -0.2) is 55.6 Å². The number of rotatable bonds is 5. The Morgan fingerprint density at radius 1 is 1.21 bits per heavy atom. The molecule has 0 saturated carbocycles. The number of hydrogen-bond donors (Lipinski definition) is 1. The van der Waals surface area contributed by atoms with Crippen LogP contribution in [0.5, 0.6) is 0 Å². The summed E-state index contributed by atoms with van der Waals surface area (Å²) < 4.78 is 25.2. The molecule has 1 atom stereocenters. The van der Waals surface area contributed by atoms with E-state index in [0.717, 1.165) is 25.2 Å². The molecule has 5 nitrogen and oxygen atoms in total. The number of nitrogens with two attached hydrogens (primary N) is 1. The van der Waals surface area contributed by atoms with E-state index in [1.54, 1.807) is 11.2 Å². The Morgan fingerprint density at radius 2 is 1.74 bits per heavy atom. The van der Waals surface area contributed by atoms with Gasteiger partial charge in [0.15, 0.2) is 0 Å². The van der Waals surface area contributed by atoms with E-state index in [1.807, 2.05) is 0 Å². The summed E-state index contributed by atoms with van der Waals surface area (Å²) in [5, 5.41) is 0. The van der Waals surface area contributed by atoms with Crippen molar-refractivity contribution in [1.82, 2.24) is 9.21 Å². The minimum Gasteiger partial charge on any atom is -0.401 e. The van der Waals surface area contributed by atoms with Crippen molar-refractivity contribution in [3.8, 4) is 0 Å². The molecule has 112 valence electrons. The number of piperazine rings is 1. The molecule has 0 radical (unpaired) electrons. The highest BCUT2D eigenvalue weighted by molar-refractivity contribution is 7.89. The molecule has 0 amide bonds. The Labute approximate surface area is 117 Å². The largest absolute Gasteiger partial charge is 0.401 e. The second-order valence-electron chi connectivity index (χ2n) is 5.10. The standard InChI is InChI=1S/C13H27N3O2S/c1-5-11(3)13(14)12(4)15-7-9-16(10-8-15)19(17,18)6-2/h12H,5-10,14H2,1-4H3/b13-11-. The van der Waals surface area contributed by atoms with E-state index in [9.17, 15) is 8.42 Å². The SMILES string of the molecule is CC/C(C)=C(\N)C(C)N1CCN(S(=O)(=O)CC)CC1. The zero-order chi connectivity index (χ0) is 14.6. The Kier molecular flexibility index (Phi) is 5.82. The molecule has 1 unspecified atom stereocenters. The summed E-state index contributed by atoms with van der Waals surface area (Å²) in [6.07, 6.45) is 0.959. The number of hydrogen-bond acceptors (Lipinski definition) is 4. The van der Waals surface area contributed by atoms with Crippen molar-refractivity contribution < 1.29 is 8.42 Å². The van der Waals surface area contributed by atoms with Gasteiger partial charge >= 0.3 is 0 Å². The fourth-order valence-electron chi connectivity index (χ4n) is 2.31. The molecule has 1 aliphatic rings. The van der Waals surface area contributed by atoms with Gasteiger partial charge in [0.05, 0.1) is 5.75 Å². The van der Waals surface area contributed by atoms with Crippen LogP contribution in [0.4, 0.5) is 0 Å². The second kappa shape index (κ2) is 6.72. The highest BCUT2D eigenvalue weighted by Crippen LogP contribution is 2.16. The lowest BCUT2D eigenvalue weighted by molar-refractivity contribution is 0.160. The minimum absolute atomic E-state index is 0.180. The fourth-order valence-corrected chi connectivity index (χ4v) is 3.39. The van der Waals surface area contributed by atoms with E-state index in [0.29, 0.717) is 13.1 Å². The van der Waals surface area contributed by atoms with E-state index < -0.39 is 10.0 Å². The first-order valence-electron chi connectivity index (χ1n) is 7.00. The van der Waals surface area contributed by atoms with Crippen LogP contribution in [0.2, 0.25) is 0 Å². The van der Waals surface area contributed by atoms with Gasteiger partial charge in [-0.15, -0.1) is 0 Å². The van der Waals surface area contributed by atoms with Gasteiger partial charge < -0.3 is 5.73 Å². The fraction of sp³-hybridized carbons (Fsp3) is 0.846. The van der Waals surface area contributed by atoms with E-state index >= 15 is 0 Å². The maximum Gasteiger partial charge on any atom is 0.213 e. The van der Waals surface area contributed by atoms with Gasteiger partial charge in [-0.05, 0) is 27.2 Å². The van der Waals surface area contributed by atoms with Gasteiger partial charge in [0.2, 0.25) is 10.0 Å². The Balaban J connectivity index is 2.64. The molecular formula is C13H27N3O2S. The van der Waals surface area contributed by atoms with Gasteiger partial charge in [-0.1, -0.05) is 12.5 Å². The molecular weight excluding hydrogens is 262 g/mol. The predicted octanol–water partition coefficient (Wildman–Crippen LogP) is 0.985. The van der Waals surface area contributed by atoms with Crippen LogP contribution >= 0.6 is 0 Å². The molecule has 1 fully saturated rings. The third-order valence-corrected chi connectivity index (χ3v) is 5.93. The minimum atomic E-state index is -3.05. The summed E-state index contributed by atoms with van der Waals surface area (Å²) in [4.78, 5) is 2.26. The maximum atomic E-state index is 11.8. The Bertz CT molecular complexity index is 423. The van der Waals surface area contributed by atoms with Crippen LogP contribution < -0.4 is 5.73 Å². The van der Waals surface area contributed by atoms with E-state index in [-0.39, 0.29) is 11.8 Å². The van der Waals surface area contributed by atoms with Crippen LogP contribution in [0.3, 0.4) is 0 Å². The highest BCUT2D eigenvalue weighted by atomic mass is 32.2. The average Bonchev–Trinajstić information content (AvgIpc) is 2.44. The average molecular weight is 289 g/mol. The van der Waals surface area contributed by atoms with Crippen molar-refractivity contribution in [2.24, 2.45) is 5.73 Å². The molecule has 0 aromatic heterocycles. The monoisotopic (exact) mass is 289 g/mol. The number of sulfonamides is 1. The molecule has 2 N–H and O–H groups in total.